The predicted octanol–water partition coefficient (Wildman–Crippen LogP) is 4.85. The van der Waals surface area contributed by atoms with Gasteiger partial charge in [-0.15, -0.1) is 0 Å². The summed E-state index contributed by atoms with van der Waals surface area (Å²) in [6, 6.07) is 5.97. The van der Waals surface area contributed by atoms with Crippen LogP contribution in [0.4, 0.5) is 18.9 Å². The molecule has 2 rings (SSSR count). The second kappa shape index (κ2) is 6.16. The molecule has 0 spiro atoms. The van der Waals surface area contributed by atoms with Gasteiger partial charge in [0.2, 0.25) is 0 Å². The summed E-state index contributed by atoms with van der Waals surface area (Å²) in [5.74, 6) is 0. The van der Waals surface area contributed by atoms with Crippen molar-refractivity contribution < 1.29 is 13.2 Å². The summed E-state index contributed by atoms with van der Waals surface area (Å²) in [4.78, 5) is 2.24. The van der Waals surface area contributed by atoms with Gasteiger partial charge in [-0.05, 0) is 49.9 Å². The van der Waals surface area contributed by atoms with Crippen molar-refractivity contribution in [2.24, 2.45) is 0 Å². The molecule has 1 aromatic carbocycles. The number of halogens is 4. The van der Waals surface area contributed by atoms with Crippen LogP contribution in [0, 0.1) is 0 Å². The maximum Gasteiger partial charge on any atom is 0.416 e. The second-order valence-electron chi connectivity index (χ2n) is 4.87. The minimum atomic E-state index is -4.25. The van der Waals surface area contributed by atoms with Gasteiger partial charge in [0.1, 0.15) is 0 Å². The Morgan fingerprint density at radius 1 is 1.16 bits per heavy atom. The van der Waals surface area contributed by atoms with E-state index < -0.39 is 11.7 Å². The van der Waals surface area contributed by atoms with Crippen molar-refractivity contribution in [3.63, 3.8) is 0 Å². The van der Waals surface area contributed by atoms with E-state index >= 15 is 0 Å². The first-order valence-corrected chi connectivity index (χ1v) is 7.64. The van der Waals surface area contributed by atoms with Crippen molar-refractivity contribution in [3.05, 3.63) is 29.8 Å². The van der Waals surface area contributed by atoms with Gasteiger partial charge in [0.25, 0.3) is 0 Å². The lowest BCUT2D eigenvalue weighted by Crippen LogP contribution is -2.39. The van der Waals surface area contributed by atoms with E-state index in [-0.39, 0.29) is 0 Å². The Bertz CT molecular complexity index is 400. The van der Waals surface area contributed by atoms with Crippen LogP contribution in [0.5, 0.6) is 0 Å². The van der Waals surface area contributed by atoms with Crippen LogP contribution in [0.15, 0.2) is 24.3 Å². The molecule has 0 aromatic heterocycles. The average molecular weight is 336 g/mol. The van der Waals surface area contributed by atoms with Crippen LogP contribution in [-0.4, -0.2) is 17.9 Å². The molecule has 0 N–H and O–H groups in total. The molecule has 1 saturated heterocycles. The summed E-state index contributed by atoms with van der Waals surface area (Å²) < 4.78 is 37.6. The van der Waals surface area contributed by atoms with Gasteiger partial charge < -0.3 is 4.90 Å². The highest BCUT2D eigenvalue weighted by Crippen LogP contribution is 2.32. The molecule has 5 heteroatoms. The third-order valence-corrected chi connectivity index (χ3v) is 4.05. The molecule has 1 heterocycles. The number of hydrogen-bond acceptors (Lipinski definition) is 1. The molecule has 0 amide bonds. The number of hydrogen-bond donors (Lipinski definition) is 0. The van der Waals surface area contributed by atoms with E-state index in [1.807, 2.05) is 0 Å². The highest BCUT2D eigenvalue weighted by atomic mass is 79.9. The SMILES string of the molecule is FC(F)(F)c1ccc(N2CCCCC2CCBr)cc1. The van der Waals surface area contributed by atoms with E-state index in [0.717, 1.165) is 36.8 Å². The van der Waals surface area contributed by atoms with Crippen LogP contribution in [0.3, 0.4) is 0 Å². The maximum atomic E-state index is 12.5. The summed E-state index contributed by atoms with van der Waals surface area (Å²) in [6.07, 6.45) is 0.206. The normalized spacial score (nSPS) is 20.6. The molecule has 106 valence electrons. The Kier molecular flexibility index (Phi) is 4.76. The minimum absolute atomic E-state index is 0.435. The van der Waals surface area contributed by atoms with Crippen LogP contribution in [0.1, 0.15) is 31.2 Å². The lowest BCUT2D eigenvalue weighted by molar-refractivity contribution is -0.137. The predicted molar refractivity (Wildman–Crippen MR) is 74.8 cm³/mol. The summed E-state index contributed by atoms with van der Waals surface area (Å²) in [6.45, 7) is 0.934. The van der Waals surface area contributed by atoms with Gasteiger partial charge in [-0.25, -0.2) is 0 Å². The lowest BCUT2D eigenvalue weighted by Gasteiger charge is -2.37. The minimum Gasteiger partial charge on any atom is -0.369 e. The third-order valence-electron chi connectivity index (χ3n) is 3.60. The first kappa shape index (κ1) is 14.7. The number of rotatable bonds is 3. The molecule has 1 fully saturated rings. The van der Waals surface area contributed by atoms with Gasteiger partial charge in [-0.3, -0.25) is 0 Å². The van der Waals surface area contributed by atoms with Crippen LogP contribution < -0.4 is 4.90 Å². The van der Waals surface area contributed by atoms with Crippen molar-refractivity contribution in [2.45, 2.75) is 37.9 Å². The number of alkyl halides is 4. The van der Waals surface area contributed by atoms with Crippen molar-refractivity contribution in [2.75, 3.05) is 16.8 Å². The van der Waals surface area contributed by atoms with Crippen LogP contribution in [-0.2, 0) is 6.18 Å². The molecule has 0 saturated carbocycles. The Balaban J connectivity index is 2.15. The molecular formula is C14H17BrF3N. The summed E-state index contributed by atoms with van der Waals surface area (Å²) in [5.41, 5.74) is 0.323. The van der Waals surface area contributed by atoms with Gasteiger partial charge in [0.15, 0.2) is 0 Å². The first-order valence-electron chi connectivity index (χ1n) is 6.52. The van der Waals surface area contributed by atoms with Crippen molar-refractivity contribution in [1.29, 1.82) is 0 Å². The Morgan fingerprint density at radius 2 is 1.84 bits per heavy atom. The average Bonchev–Trinajstić information content (AvgIpc) is 2.39. The third kappa shape index (κ3) is 3.65. The molecule has 1 aliphatic rings. The molecule has 1 unspecified atom stereocenters. The second-order valence-corrected chi connectivity index (χ2v) is 5.66. The first-order chi connectivity index (χ1) is 9.02. The molecule has 1 aliphatic heterocycles. The van der Waals surface area contributed by atoms with E-state index in [4.69, 9.17) is 0 Å². The topological polar surface area (TPSA) is 3.24 Å². The van der Waals surface area contributed by atoms with Gasteiger partial charge in [0.05, 0.1) is 5.56 Å². The smallest absolute Gasteiger partial charge is 0.369 e. The summed E-state index contributed by atoms with van der Waals surface area (Å²) >= 11 is 3.45. The lowest BCUT2D eigenvalue weighted by atomic mass is 9.99. The molecule has 0 bridgehead atoms. The molecule has 19 heavy (non-hydrogen) atoms. The molecular weight excluding hydrogens is 319 g/mol. The summed E-state index contributed by atoms with van der Waals surface area (Å²) in [5, 5.41) is 0.925. The molecule has 1 aromatic rings. The van der Waals surface area contributed by atoms with Gasteiger partial charge >= 0.3 is 6.18 Å². The number of benzene rings is 1. The Morgan fingerprint density at radius 3 is 2.42 bits per heavy atom. The Hall–Kier alpha value is -0.710. The van der Waals surface area contributed by atoms with Crippen LogP contribution in [0.2, 0.25) is 0 Å². The molecule has 1 nitrogen and oxygen atoms in total. The van der Waals surface area contributed by atoms with Crippen molar-refractivity contribution >= 4 is 21.6 Å². The maximum absolute atomic E-state index is 12.5. The highest BCUT2D eigenvalue weighted by molar-refractivity contribution is 9.09. The van der Waals surface area contributed by atoms with Crippen LogP contribution >= 0.6 is 15.9 Å². The Labute approximate surface area is 119 Å². The van der Waals surface area contributed by atoms with E-state index in [9.17, 15) is 13.2 Å². The fraction of sp³-hybridized carbons (Fsp3) is 0.571. The van der Waals surface area contributed by atoms with E-state index in [2.05, 4.69) is 20.8 Å². The van der Waals surface area contributed by atoms with Gasteiger partial charge in [-0.2, -0.15) is 13.2 Å². The van der Waals surface area contributed by atoms with E-state index in [0.29, 0.717) is 6.04 Å². The van der Waals surface area contributed by atoms with Gasteiger partial charge in [-0.1, -0.05) is 15.9 Å². The molecule has 1 atom stereocenters. The highest BCUT2D eigenvalue weighted by Gasteiger charge is 2.30. The standard InChI is InChI=1S/C14H17BrF3N/c15-9-8-12-3-1-2-10-19(12)13-6-4-11(5-7-13)14(16,17)18/h4-7,12H,1-3,8-10H2. The number of piperidine rings is 1. The molecule has 0 radical (unpaired) electrons. The van der Waals surface area contributed by atoms with Crippen molar-refractivity contribution in [3.8, 4) is 0 Å². The number of anilines is 1. The van der Waals surface area contributed by atoms with E-state index in [1.165, 1.54) is 18.6 Å². The van der Waals surface area contributed by atoms with Crippen molar-refractivity contribution in [1.82, 2.24) is 0 Å². The summed E-state index contributed by atoms with van der Waals surface area (Å²) in [7, 11) is 0. The van der Waals surface area contributed by atoms with E-state index in [1.54, 1.807) is 12.1 Å². The zero-order valence-corrected chi connectivity index (χ0v) is 12.2. The molecule has 0 aliphatic carbocycles. The fourth-order valence-electron chi connectivity index (χ4n) is 2.61. The zero-order chi connectivity index (χ0) is 13.9. The van der Waals surface area contributed by atoms with Gasteiger partial charge in [0, 0.05) is 23.6 Å². The fourth-order valence-corrected chi connectivity index (χ4v) is 3.14. The quantitative estimate of drug-likeness (QED) is 0.714. The monoisotopic (exact) mass is 335 g/mol. The number of nitrogens with zero attached hydrogens (tertiary/aromatic N) is 1. The van der Waals surface area contributed by atoms with Crippen LogP contribution in [0.25, 0.3) is 0 Å². The largest absolute Gasteiger partial charge is 0.416 e. The zero-order valence-electron chi connectivity index (χ0n) is 10.6.